The maximum atomic E-state index is 9.11. The highest BCUT2D eigenvalue weighted by Gasteiger charge is 2.03. The molecule has 0 fully saturated rings. The fourth-order valence-electron chi connectivity index (χ4n) is 0. The monoisotopic (exact) mass is 200 g/mol. The van der Waals surface area contributed by atoms with Gasteiger partial charge in [-0.1, -0.05) is 34.1 Å². The Morgan fingerprint density at radius 3 is 1.45 bits per heavy atom. The van der Waals surface area contributed by atoms with Crippen molar-refractivity contribution >= 4 is 20.2 Å². The van der Waals surface area contributed by atoms with Crippen LogP contribution in [-0.2, 0) is 20.2 Å². The van der Waals surface area contributed by atoms with E-state index in [1.54, 1.807) is 0 Å². The molecule has 0 heterocycles. The first kappa shape index (κ1) is 13.9. The molecule has 0 aromatic heterocycles. The normalized spacial score (nSPS) is 11.8. The molecule has 0 rings (SSSR count). The van der Waals surface area contributed by atoms with E-state index >= 15 is 0 Å². The van der Waals surface area contributed by atoms with Gasteiger partial charge in [0.15, 0.2) is 0 Å². The highest BCUT2D eigenvalue weighted by molar-refractivity contribution is 8.26. The average molecular weight is 200 g/mol. The van der Waals surface area contributed by atoms with Crippen LogP contribution in [0.3, 0.4) is 0 Å². The molecule has 0 aliphatic heterocycles. The van der Waals surface area contributed by atoms with Crippen LogP contribution in [0.2, 0.25) is 0 Å². The lowest BCUT2D eigenvalue weighted by Crippen LogP contribution is -2.00. The molecular formula is C6H16O3S2. The summed E-state index contributed by atoms with van der Waals surface area (Å²) in [7, 11) is -3.83. The van der Waals surface area contributed by atoms with E-state index in [0.29, 0.717) is 5.41 Å². The predicted octanol–water partition coefficient (Wildman–Crippen LogP) is 2.12. The van der Waals surface area contributed by atoms with Gasteiger partial charge in [-0.25, -0.2) is 0 Å². The molecule has 0 radical (unpaired) electrons. The quantitative estimate of drug-likeness (QED) is 0.629. The Morgan fingerprint density at radius 2 is 1.45 bits per heavy atom. The average Bonchev–Trinajstić information content (AvgIpc) is 1.59. The molecule has 2 N–H and O–H groups in total. The smallest absolute Gasteiger partial charge is 0.263 e. The zero-order chi connectivity index (χ0) is 9.71. The molecule has 0 aromatic carbocycles. The number of hydrogen-bond acceptors (Lipinski definition) is 2. The molecule has 0 aromatic rings. The number of hydrogen-bond donors (Lipinski definition) is 2. The molecule has 0 atom stereocenters. The Bertz CT molecular complexity index is 168. The summed E-state index contributed by atoms with van der Waals surface area (Å²) in [5.41, 5.74) is 0.542. The molecule has 0 aliphatic rings. The maximum absolute atomic E-state index is 9.11. The minimum atomic E-state index is -3.83. The van der Waals surface area contributed by atoms with Crippen molar-refractivity contribution in [2.75, 3.05) is 0 Å². The van der Waals surface area contributed by atoms with Gasteiger partial charge >= 0.3 is 0 Å². The van der Waals surface area contributed by atoms with E-state index in [9.17, 15) is 0 Å². The van der Waals surface area contributed by atoms with Crippen molar-refractivity contribution in [3.8, 4) is 0 Å². The summed E-state index contributed by atoms with van der Waals surface area (Å²) in [4.78, 5) is 0. The third-order valence-electron chi connectivity index (χ3n) is 1.06. The van der Waals surface area contributed by atoms with Crippen LogP contribution in [0.1, 0.15) is 34.1 Å². The summed E-state index contributed by atoms with van der Waals surface area (Å²) >= 11 is 3.47. The van der Waals surface area contributed by atoms with Gasteiger partial charge in [0.05, 0.1) is 0 Å². The fourth-order valence-corrected chi connectivity index (χ4v) is 0. The third-order valence-corrected chi connectivity index (χ3v) is 1.06. The van der Waals surface area contributed by atoms with Gasteiger partial charge in [0.25, 0.3) is 9.05 Å². The second kappa shape index (κ2) is 5.03. The maximum Gasteiger partial charge on any atom is 0.263 e. The largest absolute Gasteiger partial charge is 0.285 e. The second-order valence-electron chi connectivity index (χ2n) is 3.36. The third kappa shape index (κ3) is 65.3. The van der Waals surface area contributed by atoms with Gasteiger partial charge in [0, 0.05) is 11.2 Å². The first-order valence-electron chi connectivity index (χ1n) is 3.26. The van der Waals surface area contributed by atoms with Gasteiger partial charge in [-0.05, 0) is 5.41 Å². The van der Waals surface area contributed by atoms with Crippen LogP contribution in [0.5, 0.6) is 0 Å². The van der Waals surface area contributed by atoms with Crippen LogP contribution in [-0.4, -0.2) is 13.3 Å². The molecule has 0 saturated heterocycles. The van der Waals surface area contributed by atoms with Gasteiger partial charge in [-0.3, -0.25) is 9.11 Å². The summed E-state index contributed by atoms with van der Waals surface area (Å²) in [6.45, 7) is 8.94. The minimum Gasteiger partial charge on any atom is -0.285 e. The predicted molar refractivity (Wildman–Crippen MR) is 50.5 cm³/mol. The Labute approximate surface area is 73.5 Å². The standard InChI is InChI=1S/C6H14.H2O3S2/c1-5-6(2,3)4;1-5(2,3)4/h5H2,1-4H3;(H2,1,2,3,4). The van der Waals surface area contributed by atoms with Crippen LogP contribution in [0.4, 0.5) is 0 Å². The van der Waals surface area contributed by atoms with Crippen LogP contribution in [0.25, 0.3) is 0 Å². The summed E-state index contributed by atoms with van der Waals surface area (Å²) < 4.78 is 24.0. The molecule has 3 nitrogen and oxygen atoms in total. The molecule has 11 heavy (non-hydrogen) atoms. The zero-order valence-electron chi connectivity index (χ0n) is 7.33. The SMILES string of the molecule is CCC(C)(C)C.O=S(O)(O)=S. The van der Waals surface area contributed by atoms with E-state index in [4.69, 9.17) is 13.3 Å². The van der Waals surface area contributed by atoms with Crippen LogP contribution < -0.4 is 0 Å². The zero-order valence-corrected chi connectivity index (χ0v) is 8.96. The van der Waals surface area contributed by atoms with Gasteiger partial charge in [-0.2, -0.15) is 4.21 Å². The molecule has 0 unspecified atom stereocenters. The van der Waals surface area contributed by atoms with Crippen molar-refractivity contribution in [3.63, 3.8) is 0 Å². The van der Waals surface area contributed by atoms with Crippen molar-refractivity contribution in [1.29, 1.82) is 0 Å². The van der Waals surface area contributed by atoms with E-state index in [-0.39, 0.29) is 0 Å². The van der Waals surface area contributed by atoms with E-state index in [1.165, 1.54) is 6.42 Å². The van der Waals surface area contributed by atoms with Crippen LogP contribution in [0.15, 0.2) is 0 Å². The van der Waals surface area contributed by atoms with E-state index in [0.717, 1.165) is 0 Å². The minimum absolute atomic E-state index is 0.542. The fraction of sp³-hybridized carbons (Fsp3) is 1.00. The van der Waals surface area contributed by atoms with Crippen molar-refractivity contribution in [1.82, 2.24) is 0 Å². The molecule has 0 spiro atoms. The summed E-state index contributed by atoms with van der Waals surface area (Å²) in [5.74, 6) is 0. The van der Waals surface area contributed by atoms with E-state index in [2.05, 4.69) is 38.9 Å². The van der Waals surface area contributed by atoms with Gasteiger partial charge < -0.3 is 0 Å². The highest BCUT2D eigenvalue weighted by Crippen LogP contribution is 2.16. The number of rotatable bonds is 0. The van der Waals surface area contributed by atoms with E-state index in [1.807, 2.05) is 0 Å². The molecule has 70 valence electrons. The lowest BCUT2D eigenvalue weighted by molar-refractivity contribution is 0.398. The second-order valence-corrected chi connectivity index (χ2v) is 5.56. The molecule has 0 aliphatic carbocycles. The Balaban J connectivity index is 0. The van der Waals surface area contributed by atoms with Gasteiger partial charge in [0.1, 0.15) is 0 Å². The highest BCUT2D eigenvalue weighted by atomic mass is 32.9. The molecular weight excluding hydrogens is 184 g/mol. The van der Waals surface area contributed by atoms with Crippen molar-refractivity contribution in [2.24, 2.45) is 5.41 Å². The Kier molecular flexibility index (Phi) is 6.33. The molecule has 0 amide bonds. The molecule has 5 heteroatoms. The Hall–Kier alpha value is 0.290. The van der Waals surface area contributed by atoms with Crippen molar-refractivity contribution in [2.45, 2.75) is 34.1 Å². The lowest BCUT2D eigenvalue weighted by atomic mass is 9.94. The first-order chi connectivity index (χ1) is 4.56. The van der Waals surface area contributed by atoms with E-state index < -0.39 is 9.05 Å². The summed E-state index contributed by atoms with van der Waals surface area (Å²) in [6, 6.07) is 0. The van der Waals surface area contributed by atoms with Gasteiger partial charge in [0.2, 0.25) is 0 Å². The first-order valence-corrected chi connectivity index (χ1v) is 5.66. The van der Waals surface area contributed by atoms with Crippen LogP contribution >= 0.6 is 0 Å². The van der Waals surface area contributed by atoms with Crippen molar-refractivity contribution in [3.05, 3.63) is 0 Å². The topological polar surface area (TPSA) is 57.5 Å². The lowest BCUT2D eigenvalue weighted by Gasteiger charge is -2.12. The summed E-state index contributed by atoms with van der Waals surface area (Å²) in [5, 5.41) is 0. The Morgan fingerprint density at radius 1 is 1.36 bits per heavy atom. The molecule has 0 saturated carbocycles. The van der Waals surface area contributed by atoms with Crippen LogP contribution in [0, 0.1) is 5.41 Å². The molecule has 0 bridgehead atoms. The van der Waals surface area contributed by atoms with Gasteiger partial charge in [-0.15, -0.1) is 0 Å². The van der Waals surface area contributed by atoms with Crippen molar-refractivity contribution < 1.29 is 13.3 Å². The summed E-state index contributed by atoms with van der Waals surface area (Å²) in [6.07, 6.45) is 1.27.